The van der Waals surface area contributed by atoms with Gasteiger partial charge in [0.05, 0.1) is 0 Å². The summed E-state index contributed by atoms with van der Waals surface area (Å²) in [6, 6.07) is 0.816. The van der Waals surface area contributed by atoms with E-state index in [1.807, 2.05) is 0 Å². The van der Waals surface area contributed by atoms with Gasteiger partial charge in [0.15, 0.2) is 0 Å². The molecular weight excluding hydrogens is 244 g/mol. The topological polar surface area (TPSA) is 15.3 Å². The summed E-state index contributed by atoms with van der Waals surface area (Å²) >= 11 is 0. The van der Waals surface area contributed by atoms with E-state index >= 15 is 0 Å². The van der Waals surface area contributed by atoms with Crippen LogP contribution in [-0.4, -0.2) is 37.1 Å². The highest BCUT2D eigenvalue weighted by molar-refractivity contribution is 4.91. The Labute approximate surface area is 126 Å². The van der Waals surface area contributed by atoms with E-state index in [1.54, 1.807) is 0 Å². The lowest BCUT2D eigenvalue weighted by Crippen LogP contribution is -2.47. The molecule has 1 atom stereocenters. The zero-order valence-electron chi connectivity index (χ0n) is 14.3. The standard InChI is InChI=1S/C18H36N2/c1-15(2)12-19-13-18(9-7-16(3)8-10-18)14-20-11-5-6-17(20)4/h15-17,19H,5-14H2,1-4H3. The van der Waals surface area contributed by atoms with Crippen LogP contribution in [-0.2, 0) is 0 Å². The monoisotopic (exact) mass is 280 g/mol. The molecule has 1 heterocycles. The van der Waals surface area contributed by atoms with Crippen molar-refractivity contribution in [1.29, 1.82) is 0 Å². The molecule has 2 fully saturated rings. The summed E-state index contributed by atoms with van der Waals surface area (Å²) in [6.45, 7) is 14.6. The molecular formula is C18H36N2. The third-order valence-corrected chi connectivity index (χ3v) is 5.62. The first-order valence-corrected chi connectivity index (χ1v) is 8.95. The zero-order valence-corrected chi connectivity index (χ0v) is 14.3. The highest BCUT2D eigenvalue weighted by Crippen LogP contribution is 2.40. The predicted molar refractivity (Wildman–Crippen MR) is 88.0 cm³/mol. The molecule has 1 saturated carbocycles. The van der Waals surface area contributed by atoms with Crippen LogP contribution < -0.4 is 5.32 Å². The molecule has 0 spiro atoms. The zero-order chi connectivity index (χ0) is 14.6. The van der Waals surface area contributed by atoms with Gasteiger partial charge < -0.3 is 10.2 Å². The van der Waals surface area contributed by atoms with E-state index in [0.29, 0.717) is 5.41 Å². The third-order valence-electron chi connectivity index (χ3n) is 5.62. The average molecular weight is 280 g/mol. The van der Waals surface area contributed by atoms with Crippen LogP contribution in [0.1, 0.15) is 66.2 Å². The summed E-state index contributed by atoms with van der Waals surface area (Å²) in [5.41, 5.74) is 0.556. The van der Waals surface area contributed by atoms with Gasteiger partial charge in [0.25, 0.3) is 0 Å². The predicted octanol–water partition coefficient (Wildman–Crippen LogP) is 3.91. The Hall–Kier alpha value is -0.0800. The molecule has 0 bridgehead atoms. The van der Waals surface area contributed by atoms with Gasteiger partial charge in [-0.25, -0.2) is 0 Å². The van der Waals surface area contributed by atoms with Crippen molar-refractivity contribution in [3.8, 4) is 0 Å². The summed E-state index contributed by atoms with van der Waals surface area (Å²) < 4.78 is 0. The molecule has 0 aromatic rings. The minimum atomic E-state index is 0.556. The highest BCUT2D eigenvalue weighted by Gasteiger charge is 2.37. The van der Waals surface area contributed by atoms with Crippen LogP contribution in [0.5, 0.6) is 0 Å². The Kier molecular flexibility index (Phi) is 5.92. The van der Waals surface area contributed by atoms with Gasteiger partial charge in [-0.15, -0.1) is 0 Å². The molecule has 20 heavy (non-hydrogen) atoms. The minimum absolute atomic E-state index is 0.556. The molecule has 0 amide bonds. The van der Waals surface area contributed by atoms with Gasteiger partial charge in [-0.05, 0) is 62.9 Å². The first kappa shape index (κ1) is 16.3. The van der Waals surface area contributed by atoms with Gasteiger partial charge in [0.1, 0.15) is 0 Å². The largest absolute Gasteiger partial charge is 0.316 e. The van der Waals surface area contributed by atoms with Crippen molar-refractivity contribution in [3.63, 3.8) is 0 Å². The van der Waals surface area contributed by atoms with Gasteiger partial charge in [0.2, 0.25) is 0 Å². The molecule has 1 N–H and O–H groups in total. The molecule has 2 rings (SSSR count). The number of likely N-dealkylation sites (tertiary alicyclic amines) is 1. The molecule has 1 aliphatic carbocycles. The smallest absolute Gasteiger partial charge is 0.00676 e. The maximum absolute atomic E-state index is 3.77. The summed E-state index contributed by atoms with van der Waals surface area (Å²) in [4.78, 5) is 2.77. The first-order chi connectivity index (χ1) is 9.51. The second kappa shape index (κ2) is 7.26. The van der Waals surface area contributed by atoms with Crippen LogP contribution >= 0.6 is 0 Å². The van der Waals surface area contributed by atoms with Gasteiger partial charge >= 0.3 is 0 Å². The Balaban J connectivity index is 1.92. The number of rotatable bonds is 6. The SMILES string of the molecule is CC(C)CNCC1(CN2CCCC2C)CCC(C)CC1. The van der Waals surface area contributed by atoms with E-state index in [0.717, 1.165) is 17.9 Å². The Morgan fingerprint density at radius 1 is 1.15 bits per heavy atom. The minimum Gasteiger partial charge on any atom is -0.316 e. The van der Waals surface area contributed by atoms with Crippen LogP contribution in [0, 0.1) is 17.3 Å². The number of nitrogens with zero attached hydrogens (tertiary/aromatic N) is 1. The van der Waals surface area contributed by atoms with Crippen LogP contribution in [0.25, 0.3) is 0 Å². The fraction of sp³-hybridized carbons (Fsp3) is 1.00. The van der Waals surface area contributed by atoms with Crippen molar-refractivity contribution in [2.45, 2.75) is 72.3 Å². The van der Waals surface area contributed by atoms with E-state index < -0.39 is 0 Å². The second-order valence-corrected chi connectivity index (χ2v) is 8.17. The van der Waals surface area contributed by atoms with Crippen molar-refractivity contribution in [2.24, 2.45) is 17.3 Å². The van der Waals surface area contributed by atoms with E-state index in [4.69, 9.17) is 0 Å². The summed E-state index contributed by atoms with van der Waals surface area (Å²) in [7, 11) is 0. The Morgan fingerprint density at radius 3 is 2.40 bits per heavy atom. The van der Waals surface area contributed by atoms with E-state index in [-0.39, 0.29) is 0 Å². The lowest BCUT2D eigenvalue weighted by Gasteiger charge is -2.43. The van der Waals surface area contributed by atoms with Gasteiger partial charge in [-0.1, -0.05) is 33.6 Å². The normalized spacial score (nSPS) is 35.9. The van der Waals surface area contributed by atoms with Crippen LogP contribution in [0.2, 0.25) is 0 Å². The molecule has 0 radical (unpaired) electrons. The second-order valence-electron chi connectivity index (χ2n) is 8.17. The molecule has 0 aromatic carbocycles. The number of hydrogen-bond acceptors (Lipinski definition) is 2. The van der Waals surface area contributed by atoms with Crippen LogP contribution in [0.3, 0.4) is 0 Å². The van der Waals surface area contributed by atoms with E-state index in [2.05, 4.69) is 37.9 Å². The molecule has 1 unspecified atom stereocenters. The summed E-state index contributed by atoms with van der Waals surface area (Å²) in [5.74, 6) is 1.71. The van der Waals surface area contributed by atoms with Crippen LogP contribution in [0.4, 0.5) is 0 Å². The quantitative estimate of drug-likeness (QED) is 0.793. The Morgan fingerprint density at radius 2 is 1.85 bits per heavy atom. The molecule has 2 aliphatic rings. The molecule has 2 nitrogen and oxygen atoms in total. The molecule has 0 aromatic heterocycles. The molecule has 2 heteroatoms. The molecule has 118 valence electrons. The lowest BCUT2D eigenvalue weighted by atomic mass is 9.70. The number of nitrogens with one attached hydrogen (secondary N) is 1. The van der Waals surface area contributed by atoms with Gasteiger partial charge in [-0.3, -0.25) is 0 Å². The highest BCUT2D eigenvalue weighted by atomic mass is 15.2. The van der Waals surface area contributed by atoms with Crippen molar-refractivity contribution < 1.29 is 0 Å². The number of hydrogen-bond donors (Lipinski definition) is 1. The average Bonchev–Trinajstić information content (AvgIpc) is 2.78. The van der Waals surface area contributed by atoms with Gasteiger partial charge in [-0.2, -0.15) is 0 Å². The summed E-state index contributed by atoms with van der Waals surface area (Å²) in [6.07, 6.45) is 8.56. The lowest BCUT2D eigenvalue weighted by molar-refractivity contribution is 0.0826. The fourth-order valence-corrected chi connectivity index (χ4v) is 4.05. The van der Waals surface area contributed by atoms with Crippen molar-refractivity contribution >= 4 is 0 Å². The maximum Gasteiger partial charge on any atom is 0.00676 e. The first-order valence-electron chi connectivity index (χ1n) is 8.95. The van der Waals surface area contributed by atoms with E-state index in [9.17, 15) is 0 Å². The molecule has 1 aliphatic heterocycles. The van der Waals surface area contributed by atoms with Crippen molar-refractivity contribution in [1.82, 2.24) is 10.2 Å². The van der Waals surface area contributed by atoms with Crippen molar-refractivity contribution in [2.75, 3.05) is 26.2 Å². The molecule has 1 saturated heterocycles. The maximum atomic E-state index is 3.77. The van der Waals surface area contributed by atoms with E-state index in [1.165, 1.54) is 64.7 Å². The summed E-state index contributed by atoms with van der Waals surface area (Å²) in [5, 5.41) is 3.77. The van der Waals surface area contributed by atoms with Gasteiger partial charge in [0, 0.05) is 19.1 Å². The third kappa shape index (κ3) is 4.46. The fourth-order valence-electron chi connectivity index (χ4n) is 4.05. The van der Waals surface area contributed by atoms with Crippen molar-refractivity contribution in [3.05, 3.63) is 0 Å². The Bertz CT molecular complexity index is 279. The van der Waals surface area contributed by atoms with Crippen LogP contribution in [0.15, 0.2) is 0 Å².